The lowest BCUT2D eigenvalue weighted by Gasteiger charge is -2.15. The molecule has 0 radical (unpaired) electrons. The highest BCUT2D eigenvalue weighted by Gasteiger charge is 2.13. The number of hydrogen-bond acceptors (Lipinski definition) is 4. The van der Waals surface area contributed by atoms with Crippen LogP contribution in [0.15, 0.2) is 36.4 Å². The number of hydrogen-bond donors (Lipinski definition) is 1. The second kappa shape index (κ2) is 7.11. The molecular formula is C18H20ClNO3. The third-order valence-electron chi connectivity index (χ3n) is 3.47. The van der Waals surface area contributed by atoms with Crippen LogP contribution in [0.3, 0.4) is 0 Å². The first-order valence-electron chi connectivity index (χ1n) is 7.66. The summed E-state index contributed by atoms with van der Waals surface area (Å²) < 4.78 is 16.5. The normalized spacial score (nSPS) is 12.7. The number of ether oxygens (including phenoxy) is 3. The molecule has 0 aromatic heterocycles. The molecule has 1 heterocycles. The SMILES string of the molecule is CC(C)Oc1ccc(Cl)cc1CNCc1ccc2c(c1)OCO2. The van der Waals surface area contributed by atoms with Gasteiger partial charge in [0.1, 0.15) is 5.75 Å². The summed E-state index contributed by atoms with van der Waals surface area (Å²) in [7, 11) is 0. The van der Waals surface area contributed by atoms with Gasteiger partial charge in [-0.2, -0.15) is 0 Å². The van der Waals surface area contributed by atoms with Gasteiger partial charge in [-0.3, -0.25) is 0 Å². The molecule has 0 atom stereocenters. The third kappa shape index (κ3) is 4.09. The topological polar surface area (TPSA) is 39.7 Å². The highest BCUT2D eigenvalue weighted by molar-refractivity contribution is 6.30. The van der Waals surface area contributed by atoms with Crippen LogP contribution in [0, 0.1) is 0 Å². The summed E-state index contributed by atoms with van der Waals surface area (Å²) in [6.07, 6.45) is 0.129. The Morgan fingerprint density at radius 3 is 2.74 bits per heavy atom. The van der Waals surface area contributed by atoms with Gasteiger partial charge in [-0.1, -0.05) is 17.7 Å². The van der Waals surface area contributed by atoms with Crippen LogP contribution in [0.4, 0.5) is 0 Å². The van der Waals surface area contributed by atoms with Crippen molar-refractivity contribution in [3.63, 3.8) is 0 Å². The fraction of sp³-hybridized carbons (Fsp3) is 0.333. The van der Waals surface area contributed by atoms with E-state index in [1.54, 1.807) is 0 Å². The molecule has 3 rings (SSSR count). The van der Waals surface area contributed by atoms with Crippen LogP contribution in [0.2, 0.25) is 5.02 Å². The van der Waals surface area contributed by atoms with Crippen LogP contribution in [-0.2, 0) is 13.1 Å². The molecule has 23 heavy (non-hydrogen) atoms. The smallest absolute Gasteiger partial charge is 0.231 e. The molecule has 0 fully saturated rings. The van der Waals surface area contributed by atoms with Gasteiger partial charge in [0.15, 0.2) is 11.5 Å². The van der Waals surface area contributed by atoms with Crippen molar-refractivity contribution in [2.45, 2.75) is 33.0 Å². The number of fused-ring (bicyclic) bond motifs is 1. The van der Waals surface area contributed by atoms with E-state index in [1.807, 2.05) is 50.2 Å². The first-order valence-corrected chi connectivity index (χ1v) is 8.04. The Morgan fingerprint density at radius 2 is 1.91 bits per heavy atom. The zero-order chi connectivity index (χ0) is 16.2. The van der Waals surface area contributed by atoms with E-state index in [9.17, 15) is 0 Å². The van der Waals surface area contributed by atoms with Gasteiger partial charge in [-0.05, 0) is 49.7 Å². The molecule has 2 aromatic carbocycles. The Hall–Kier alpha value is -1.91. The molecule has 2 aromatic rings. The van der Waals surface area contributed by atoms with Crippen LogP contribution < -0.4 is 19.5 Å². The van der Waals surface area contributed by atoms with Gasteiger partial charge in [0, 0.05) is 23.7 Å². The molecule has 0 saturated carbocycles. The van der Waals surface area contributed by atoms with Gasteiger partial charge in [-0.25, -0.2) is 0 Å². The van der Waals surface area contributed by atoms with Gasteiger partial charge < -0.3 is 19.5 Å². The van der Waals surface area contributed by atoms with Crippen molar-refractivity contribution in [3.8, 4) is 17.2 Å². The maximum atomic E-state index is 6.10. The second-order valence-corrected chi connectivity index (χ2v) is 6.15. The van der Waals surface area contributed by atoms with Crippen molar-refractivity contribution in [1.29, 1.82) is 0 Å². The molecule has 1 aliphatic heterocycles. The monoisotopic (exact) mass is 333 g/mol. The average Bonchev–Trinajstić information content (AvgIpc) is 2.97. The van der Waals surface area contributed by atoms with E-state index in [0.717, 1.165) is 34.9 Å². The van der Waals surface area contributed by atoms with Crippen LogP contribution >= 0.6 is 11.6 Å². The van der Waals surface area contributed by atoms with Crippen LogP contribution in [0.5, 0.6) is 17.2 Å². The maximum absolute atomic E-state index is 6.10. The average molecular weight is 334 g/mol. The van der Waals surface area contributed by atoms with E-state index >= 15 is 0 Å². The van der Waals surface area contributed by atoms with E-state index in [1.165, 1.54) is 0 Å². The van der Waals surface area contributed by atoms with Crippen LogP contribution in [0.1, 0.15) is 25.0 Å². The highest BCUT2D eigenvalue weighted by atomic mass is 35.5. The lowest BCUT2D eigenvalue weighted by Crippen LogP contribution is -2.15. The van der Waals surface area contributed by atoms with Crippen molar-refractivity contribution < 1.29 is 14.2 Å². The molecule has 0 spiro atoms. The molecular weight excluding hydrogens is 314 g/mol. The van der Waals surface area contributed by atoms with E-state index in [2.05, 4.69) is 5.32 Å². The quantitative estimate of drug-likeness (QED) is 0.862. The third-order valence-corrected chi connectivity index (χ3v) is 3.70. The molecule has 1 N–H and O–H groups in total. The Morgan fingerprint density at radius 1 is 1.09 bits per heavy atom. The molecule has 0 aliphatic carbocycles. The Labute approximate surface area is 141 Å². The minimum Gasteiger partial charge on any atom is -0.491 e. The van der Waals surface area contributed by atoms with E-state index in [0.29, 0.717) is 18.4 Å². The Kier molecular flexibility index (Phi) is 4.94. The number of halogens is 1. The van der Waals surface area contributed by atoms with Crippen molar-refractivity contribution >= 4 is 11.6 Å². The Balaban J connectivity index is 1.63. The number of benzene rings is 2. The summed E-state index contributed by atoms with van der Waals surface area (Å²) in [5, 5.41) is 4.12. The van der Waals surface area contributed by atoms with Gasteiger partial charge in [0.05, 0.1) is 6.10 Å². The molecule has 122 valence electrons. The minimum absolute atomic E-state index is 0.129. The first-order chi connectivity index (χ1) is 11.1. The molecule has 1 aliphatic rings. The van der Waals surface area contributed by atoms with Crippen molar-refractivity contribution in [1.82, 2.24) is 5.32 Å². The van der Waals surface area contributed by atoms with Gasteiger partial charge in [0.2, 0.25) is 6.79 Å². The van der Waals surface area contributed by atoms with E-state index in [-0.39, 0.29) is 6.10 Å². The first kappa shape index (κ1) is 16.0. The fourth-order valence-electron chi connectivity index (χ4n) is 2.45. The van der Waals surface area contributed by atoms with Crippen molar-refractivity contribution in [2.24, 2.45) is 0 Å². The number of nitrogens with one attached hydrogen (secondary N) is 1. The zero-order valence-corrected chi connectivity index (χ0v) is 14.0. The summed E-state index contributed by atoms with van der Waals surface area (Å²) in [5.41, 5.74) is 2.19. The molecule has 0 unspecified atom stereocenters. The molecule has 0 amide bonds. The van der Waals surface area contributed by atoms with Crippen LogP contribution in [-0.4, -0.2) is 12.9 Å². The largest absolute Gasteiger partial charge is 0.491 e. The summed E-state index contributed by atoms with van der Waals surface area (Å²) >= 11 is 6.10. The van der Waals surface area contributed by atoms with Gasteiger partial charge in [0.25, 0.3) is 0 Å². The summed E-state index contributed by atoms with van der Waals surface area (Å²) in [4.78, 5) is 0. The van der Waals surface area contributed by atoms with Crippen molar-refractivity contribution in [3.05, 3.63) is 52.5 Å². The standard InChI is InChI=1S/C18H20ClNO3/c1-12(2)23-16-6-4-15(19)8-14(16)10-20-9-13-3-5-17-18(7-13)22-11-21-17/h3-8,12,20H,9-11H2,1-2H3. The predicted molar refractivity (Wildman–Crippen MR) is 90.3 cm³/mol. The highest BCUT2D eigenvalue weighted by Crippen LogP contribution is 2.32. The van der Waals surface area contributed by atoms with Gasteiger partial charge in [-0.15, -0.1) is 0 Å². The molecule has 0 saturated heterocycles. The van der Waals surface area contributed by atoms with Crippen molar-refractivity contribution in [2.75, 3.05) is 6.79 Å². The lowest BCUT2D eigenvalue weighted by atomic mass is 10.1. The lowest BCUT2D eigenvalue weighted by molar-refractivity contribution is 0.174. The second-order valence-electron chi connectivity index (χ2n) is 5.71. The van der Waals surface area contributed by atoms with E-state index < -0.39 is 0 Å². The molecule has 4 nitrogen and oxygen atoms in total. The minimum atomic E-state index is 0.129. The summed E-state index contributed by atoms with van der Waals surface area (Å²) in [5.74, 6) is 2.47. The summed E-state index contributed by atoms with van der Waals surface area (Å²) in [6.45, 7) is 5.73. The van der Waals surface area contributed by atoms with Crippen LogP contribution in [0.25, 0.3) is 0 Å². The van der Waals surface area contributed by atoms with Gasteiger partial charge >= 0.3 is 0 Å². The molecule has 0 bridgehead atoms. The molecule has 5 heteroatoms. The number of rotatable bonds is 6. The zero-order valence-electron chi connectivity index (χ0n) is 13.3. The summed E-state index contributed by atoms with van der Waals surface area (Å²) in [6, 6.07) is 11.7. The predicted octanol–water partition coefficient (Wildman–Crippen LogP) is 4.15. The van der Waals surface area contributed by atoms with E-state index in [4.69, 9.17) is 25.8 Å². The fourth-order valence-corrected chi connectivity index (χ4v) is 2.64. The Bertz CT molecular complexity index is 688. The maximum Gasteiger partial charge on any atom is 0.231 e.